The Kier molecular flexibility index (Phi) is 6.48. The highest BCUT2D eigenvalue weighted by Gasteiger charge is 2.14. The fourth-order valence-corrected chi connectivity index (χ4v) is 2.48. The zero-order chi connectivity index (χ0) is 13.4. The highest BCUT2D eigenvalue weighted by atomic mass is 32.1. The minimum Gasteiger partial charge on any atom is -0.351 e. The number of nitrogens with two attached hydrogens (primary N) is 1. The summed E-state index contributed by atoms with van der Waals surface area (Å²) in [6.07, 6.45) is 1.76. The van der Waals surface area contributed by atoms with E-state index in [2.05, 4.69) is 17.2 Å². The van der Waals surface area contributed by atoms with Gasteiger partial charge in [-0.1, -0.05) is 25.7 Å². The van der Waals surface area contributed by atoms with Gasteiger partial charge in [0.25, 0.3) is 0 Å². The van der Waals surface area contributed by atoms with Gasteiger partial charge in [0.2, 0.25) is 5.91 Å². The summed E-state index contributed by atoms with van der Waals surface area (Å²) in [5.74, 6) is 6.10. The van der Waals surface area contributed by atoms with Gasteiger partial charge in [0, 0.05) is 16.4 Å². The van der Waals surface area contributed by atoms with Crippen molar-refractivity contribution in [2.45, 2.75) is 33.2 Å². The quantitative estimate of drug-likeness (QED) is 0.800. The van der Waals surface area contributed by atoms with Crippen LogP contribution in [0, 0.1) is 17.8 Å². The molecule has 1 heterocycles. The first kappa shape index (κ1) is 14.7. The zero-order valence-corrected chi connectivity index (χ0v) is 11.8. The number of carbonyl (C=O) groups excluding carboxylic acids is 1. The minimum absolute atomic E-state index is 0.114. The van der Waals surface area contributed by atoms with Crippen LogP contribution in [0.25, 0.3) is 0 Å². The molecule has 1 aromatic heterocycles. The number of hydrogen-bond acceptors (Lipinski definition) is 3. The molecule has 0 unspecified atom stereocenters. The Morgan fingerprint density at radius 2 is 2.22 bits per heavy atom. The highest BCUT2D eigenvalue weighted by molar-refractivity contribution is 7.10. The van der Waals surface area contributed by atoms with E-state index in [4.69, 9.17) is 5.73 Å². The normalized spacial score (nSPS) is 10.0. The number of hydrogen-bond donors (Lipinski definition) is 2. The maximum atomic E-state index is 11.9. The molecule has 0 saturated carbocycles. The number of thiophene rings is 1. The molecule has 1 aromatic rings. The van der Waals surface area contributed by atoms with Crippen LogP contribution in [-0.4, -0.2) is 12.5 Å². The molecule has 0 aromatic carbocycles. The van der Waals surface area contributed by atoms with E-state index in [1.807, 2.05) is 25.3 Å². The van der Waals surface area contributed by atoms with Crippen LogP contribution >= 0.6 is 11.3 Å². The molecule has 0 radical (unpaired) electrons. The molecule has 0 bridgehead atoms. The molecule has 0 aliphatic carbocycles. The molecule has 3 N–H and O–H groups in total. The second-order valence-corrected chi connectivity index (χ2v) is 5.00. The third-order valence-corrected chi connectivity index (χ3v) is 3.77. The molecule has 0 spiro atoms. The Hall–Kier alpha value is -1.31. The minimum atomic E-state index is 0.114. The number of amides is 1. The summed E-state index contributed by atoms with van der Waals surface area (Å²) in [6, 6.07) is 1.96. The van der Waals surface area contributed by atoms with E-state index >= 15 is 0 Å². The summed E-state index contributed by atoms with van der Waals surface area (Å²) in [5.41, 5.74) is 6.32. The summed E-state index contributed by atoms with van der Waals surface area (Å²) >= 11 is 1.61. The molecule has 18 heavy (non-hydrogen) atoms. The Balaban J connectivity index is 2.58. The Bertz CT molecular complexity index is 438. The number of rotatable bonds is 5. The van der Waals surface area contributed by atoms with Crippen LogP contribution in [0.15, 0.2) is 11.4 Å². The van der Waals surface area contributed by atoms with E-state index in [1.54, 1.807) is 11.3 Å². The monoisotopic (exact) mass is 264 g/mol. The smallest absolute Gasteiger partial charge is 0.223 e. The molecule has 3 nitrogen and oxygen atoms in total. The van der Waals surface area contributed by atoms with Crippen LogP contribution in [0.1, 0.15) is 37.1 Å². The van der Waals surface area contributed by atoms with E-state index in [0.29, 0.717) is 13.1 Å². The van der Waals surface area contributed by atoms with Gasteiger partial charge < -0.3 is 11.1 Å². The largest absolute Gasteiger partial charge is 0.351 e. The SMILES string of the molecule is CCC(CC)C(=O)NCc1sccc1C#CCN. The predicted molar refractivity (Wildman–Crippen MR) is 76.2 cm³/mol. The summed E-state index contributed by atoms with van der Waals surface area (Å²) < 4.78 is 0. The first-order chi connectivity index (χ1) is 8.72. The Morgan fingerprint density at radius 1 is 1.50 bits per heavy atom. The van der Waals surface area contributed by atoms with E-state index in [1.165, 1.54) is 0 Å². The van der Waals surface area contributed by atoms with Gasteiger partial charge in [-0.05, 0) is 24.3 Å². The number of carbonyl (C=O) groups is 1. The van der Waals surface area contributed by atoms with Crippen molar-refractivity contribution in [3.8, 4) is 11.8 Å². The van der Waals surface area contributed by atoms with Crippen LogP contribution in [0.5, 0.6) is 0 Å². The average Bonchev–Trinajstić information content (AvgIpc) is 2.82. The third-order valence-electron chi connectivity index (χ3n) is 2.85. The van der Waals surface area contributed by atoms with Gasteiger partial charge in [-0.2, -0.15) is 0 Å². The van der Waals surface area contributed by atoms with Crippen LogP contribution in [0.3, 0.4) is 0 Å². The fraction of sp³-hybridized carbons (Fsp3) is 0.500. The molecule has 0 atom stereocenters. The molecule has 0 saturated heterocycles. The maximum Gasteiger partial charge on any atom is 0.223 e. The highest BCUT2D eigenvalue weighted by Crippen LogP contribution is 2.16. The lowest BCUT2D eigenvalue weighted by Crippen LogP contribution is -2.29. The van der Waals surface area contributed by atoms with Crippen LogP contribution < -0.4 is 11.1 Å². The lowest BCUT2D eigenvalue weighted by Gasteiger charge is -2.12. The van der Waals surface area contributed by atoms with Crippen LogP contribution in [-0.2, 0) is 11.3 Å². The van der Waals surface area contributed by atoms with Crippen LogP contribution in [0.2, 0.25) is 0 Å². The van der Waals surface area contributed by atoms with Crippen molar-refractivity contribution in [2.75, 3.05) is 6.54 Å². The third kappa shape index (κ3) is 4.17. The molecule has 0 fully saturated rings. The van der Waals surface area contributed by atoms with Crippen molar-refractivity contribution in [3.05, 3.63) is 21.9 Å². The van der Waals surface area contributed by atoms with Crippen molar-refractivity contribution < 1.29 is 4.79 Å². The van der Waals surface area contributed by atoms with Crippen molar-refractivity contribution in [1.82, 2.24) is 5.32 Å². The van der Waals surface area contributed by atoms with Crippen molar-refractivity contribution in [2.24, 2.45) is 11.7 Å². The van der Waals surface area contributed by atoms with Gasteiger partial charge in [0.15, 0.2) is 0 Å². The van der Waals surface area contributed by atoms with Gasteiger partial charge in [0.1, 0.15) is 0 Å². The van der Waals surface area contributed by atoms with E-state index < -0.39 is 0 Å². The van der Waals surface area contributed by atoms with Gasteiger partial charge in [-0.15, -0.1) is 11.3 Å². The van der Waals surface area contributed by atoms with Gasteiger partial charge in [-0.25, -0.2) is 0 Å². The lowest BCUT2D eigenvalue weighted by atomic mass is 10.0. The second kappa shape index (κ2) is 7.91. The molecule has 1 rings (SSSR count). The summed E-state index contributed by atoms with van der Waals surface area (Å²) in [7, 11) is 0. The average molecular weight is 264 g/mol. The molecule has 1 amide bonds. The van der Waals surface area contributed by atoms with E-state index in [9.17, 15) is 4.79 Å². The van der Waals surface area contributed by atoms with E-state index in [0.717, 1.165) is 23.3 Å². The van der Waals surface area contributed by atoms with Gasteiger partial charge >= 0.3 is 0 Å². The molecule has 4 heteroatoms. The molecule has 0 aliphatic rings. The molecular formula is C14H20N2OS. The summed E-state index contributed by atoms with van der Waals surface area (Å²) in [4.78, 5) is 13.0. The molecule has 0 aliphatic heterocycles. The zero-order valence-electron chi connectivity index (χ0n) is 11.0. The van der Waals surface area contributed by atoms with Gasteiger partial charge in [-0.3, -0.25) is 4.79 Å². The van der Waals surface area contributed by atoms with Crippen LogP contribution in [0.4, 0.5) is 0 Å². The summed E-state index contributed by atoms with van der Waals surface area (Å²) in [6.45, 7) is 4.99. The summed E-state index contributed by atoms with van der Waals surface area (Å²) in [5, 5.41) is 4.96. The Morgan fingerprint density at radius 3 is 2.83 bits per heavy atom. The molecular weight excluding hydrogens is 244 g/mol. The molecule has 98 valence electrons. The van der Waals surface area contributed by atoms with Crippen molar-refractivity contribution >= 4 is 17.2 Å². The first-order valence-electron chi connectivity index (χ1n) is 6.25. The predicted octanol–water partition coefficient (Wildman–Crippen LogP) is 2.11. The standard InChI is InChI=1S/C14H20N2OS/c1-3-11(4-2)14(17)16-10-13-12(6-5-8-15)7-9-18-13/h7,9,11H,3-4,8,10,15H2,1-2H3,(H,16,17). The topological polar surface area (TPSA) is 55.1 Å². The second-order valence-electron chi connectivity index (χ2n) is 3.99. The van der Waals surface area contributed by atoms with Crippen molar-refractivity contribution in [1.29, 1.82) is 0 Å². The maximum absolute atomic E-state index is 11.9. The first-order valence-corrected chi connectivity index (χ1v) is 7.13. The van der Waals surface area contributed by atoms with Gasteiger partial charge in [0.05, 0.1) is 13.1 Å². The Labute approximate surface area is 113 Å². The fourth-order valence-electron chi connectivity index (χ4n) is 1.71. The number of nitrogens with one attached hydrogen (secondary N) is 1. The van der Waals surface area contributed by atoms with E-state index in [-0.39, 0.29) is 11.8 Å². The van der Waals surface area contributed by atoms with Crippen molar-refractivity contribution in [3.63, 3.8) is 0 Å². The lowest BCUT2D eigenvalue weighted by molar-refractivity contribution is -0.125.